The van der Waals surface area contributed by atoms with Gasteiger partial charge in [0.05, 0.1) is 5.41 Å². The van der Waals surface area contributed by atoms with E-state index in [4.69, 9.17) is 0 Å². The number of benzene rings is 10. The van der Waals surface area contributed by atoms with Crippen LogP contribution < -0.4 is 0 Å². The Bertz CT molecular complexity index is 2960. The molecule has 0 radical (unpaired) electrons. The molecule has 2 aliphatic rings. The van der Waals surface area contributed by atoms with E-state index >= 15 is 0 Å². The Morgan fingerprint density at radius 3 is 1.06 bits per heavy atom. The van der Waals surface area contributed by atoms with Crippen molar-refractivity contribution in [3.05, 3.63) is 216 Å². The lowest BCUT2D eigenvalue weighted by Gasteiger charge is -2.31. The summed E-state index contributed by atoms with van der Waals surface area (Å²) in [5.41, 5.74) is 15.3. The SMILES string of the molecule is c1ccc2c(c1)-c1ccccc1C21c2cc(-c3cc4ccccc4c4ccccc34)ccc2-c2ccc(-c3cc4ccccc4c4ccccc34)cc21. The molecule has 0 bridgehead atoms. The second kappa shape index (κ2) is 10.6. The van der Waals surface area contributed by atoms with Crippen LogP contribution in [0.2, 0.25) is 0 Å². The van der Waals surface area contributed by atoms with E-state index in [1.807, 2.05) is 0 Å². The molecule has 0 atom stereocenters. The first kappa shape index (κ1) is 28.9. The molecule has 244 valence electrons. The van der Waals surface area contributed by atoms with Crippen LogP contribution >= 0.6 is 0 Å². The van der Waals surface area contributed by atoms with Crippen molar-refractivity contribution in [2.75, 3.05) is 0 Å². The summed E-state index contributed by atoms with van der Waals surface area (Å²) < 4.78 is 0. The lowest BCUT2D eigenvalue weighted by atomic mass is 9.70. The van der Waals surface area contributed by atoms with Crippen molar-refractivity contribution < 1.29 is 0 Å². The molecule has 0 nitrogen and oxygen atoms in total. The molecule has 0 unspecified atom stereocenters. The van der Waals surface area contributed by atoms with Gasteiger partial charge in [0.2, 0.25) is 0 Å². The summed E-state index contributed by atoms with van der Waals surface area (Å²) >= 11 is 0. The smallest absolute Gasteiger partial charge is 0.0619 e. The van der Waals surface area contributed by atoms with Crippen molar-refractivity contribution in [1.82, 2.24) is 0 Å². The van der Waals surface area contributed by atoms with Gasteiger partial charge in [0.25, 0.3) is 0 Å². The lowest BCUT2D eigenvalue weighted by molar-refractivity contribution is 0.794. The van der Waals surface area contributed by atoms with Crippen LogP contribution in [0, 0.1) is 0 Å². The van der Waals surface area contributed by atoms with Crippen LogP contribution in [0.3, 0.4) is 0 Å². The molecule has 0 fully saturated rings. The van der Waals surface area contributed by atoms with Crippen LogP contribution in [0.4, 0.5) is 0 Å². The van der Waals surface area contributed by atoms with Gasteiger partial charge in [-0.25, -0.2) is 0 Å². The van der Waals surface area contributed by atoms with E-state index in [2.05, 4.69) is 194 Å². The van der Waals surface area contributed by atoms with Crippen LogP contribution in [0.1, 0.15) is 22.3 Å². The molecule has 1 spiro atoms. The zero-order valence-electron chi connectivity index (χ0n) is 29.0. The minimum atomic E-state index is -0.455. The Balaban J connectivity index is 1.17. The maximum absolute atomic E-state index is 2.52. The Labute approximate surface area is 308 Å². The lowest BCUT2D eigenvalue weighted by Crippen LogP contribution is -2.26. The fourth-order valence-corrected chi connectivity index (χ4v) is 10.1. The second-order valence-corrected chi connectivity index (χ2v) is 14.7. The van der Waals surface area contributed by atoms with Crippen molar-refractivity contribution in [1.29, 1.82) is 0 Å². The molecule has 0 amide bonds. The summed E-state index contributed by atoms with van der Waals surface area (Å²) in [6.45, 7) is 0. The Morgan fingerprint density at radius 2 is 0.585 bits per heavy atom. The van der Waals surface area contributed by atoms with E-state index in [1.54, 1.807) is 0 Å². The molecule has 53 heavy (non-hydrogen) atoms. The molecule has 0 saturated heterocycles. The zero-order valence-corrected chi connectivity index (χ0v) is 29.0. The average molecular weight is 669 g/mol. The standard InChI is InChI=1S/C53H32/c1-3-15-37-33(13-1)29-47(41-19-7-5-17-39(37)41)35-25-27-45-46-28-26-36(48-30-34-14-2-4-16-38(34)40-18-6-8-20-42(40)48)32-52(46)53(51(45)31-35)49-23-11-9-21-43(49)44-22-10-12-24-50(44)53/h1-32H. The van der Waals surface area contributed by atoms with Crippen molar-refractivity contribution in [3.8, 4) is 44.5 Å². The van der Waals surface area contributed by atoms with E-state index in [0.29, 0.717) is 0 Å². The van der Waals surface area contributed by atoms with Gasteiger partial charge in [0, 0.05) is 0 Å². The summed E-state index contributed by atoms with van der Waals surface area (Å²) in [4.78, 5) is 0. The van der Waals surface area contributed by atoms with Gasteiger partial charge in [-0.05, 0) is 134 Å². The fourth-order valence-electron chi connectivity index (χ4n) is 10.1. The van der Waals surface area contributed by atoms with Crippen LogP contribution in [0.25, 0.3) is 87.6 Å². The minimum Gasteiger partial charge on any atom is -0.0619 e. The topological polar surface area (TPSA) is 0 Å². The van der Waals surface area contributed by atoms with Gasteiger partial charge in [0.15, 0.2) is 0 Å². The molecule has 0 saturated carbocycles. The first-order chi connectivity index (χ1) is 26.3. The van der Waals surface area contributed by atoms with Crippen LogP contribution in [-0.4, -0.2) is 0 Å². The minimum absolute atomic E-state index is 0.455. The first-order valence-electron chi connectivity index (χ1n) is 18.6. The fraction of sp³-hybridized carbons (Fsp3) is 0.0189. The van der Waals surface area contributed by atoms with Crippen LogP contribution in [0.5, 0.6) is 0 Å². The molecule has 10 aromatic carbocycles. The molecule has 10 aromatic rings. The third kappa shape index (κ3) is 3.80. The van der Waals surface area contributed by atoms with Gasteiger partial charge in [0.1, 0.15) is 0 Å². The normalized spacial score (nSPS) is 13.4. The third-order valence-corrected chi connectivity index (χ3v) is 12.2. The molecule has 12 rings (SSSR count). The van der Waals surface area contributed by atoms with Crippen molar-refractivity contribution in [2.45, 2.75) is 5.41 Å². The highest BCUT2D eigenvalue weighted by atomic mass is 14.5. The highest BCUT2D eigenvalue weighted by molar-refractivity contribution is 6.15. The average Bonchev–Trinajstić information content (AvgIpc) is 3.70. The Hall–Kier alpha value is -6.76. The Kier molecular flexibility index (Phi) is 5.80. The number of hydrogen-bond acceptors (Lipinski definition) is 0. The molecule has 0 heterocycles. The quantitative estimate of drug-likeness (QED) is 0.161. The summed E-state index contributed by atoms with van der Waals surface area (Å²) in [5.74, 6) is 0. The van der Waals surface area contributed by atoms with E-state index in [0.717, 1.165) is 0 Å². The van der Waals surface area contributed by atoms with E-state index in [-0.39, 0.29) is 0 Å². The first-order valence-corrected chi connectivity index (χ1v) is 18.6. The molecular weight excluding hydrogens is 637 g/mol. The van der Waals surface area contributed by atoms with Crippen molar-refractivity contribution >= 4 is 43.1 Å². The number of fused-ring (bicyclic) bond motifs is 16. The number of rotatable bonds is 2. The molecule has 0 aliphatic heterocycles. The predicted molar refractivity (Wildman–Crippen MR) is 224 cm³/mol. The van der Waals surface area contributed by atoms with Crippen molar-refractivity contribution in [3.63, 3.8) is 0 Å². The molecule has 0 heteroatoms. The maximum atomic E-state index is 2.52. The van der Waals surface area contributed by atoms with E-state index in [9.17, 15) is 0 Å². The van der Waals surface area contributed by atoms with E-state index in [1.165, 1.54) is 110 Å². The van der Waals surface area contributed by atoms with Crippen molar-refractivity contribution in [2.24, 2.45) is 0 Å². The van der Waals surface area contributed by atoms with Gasteiger partial charge < -0.3 is 0 Å². The maximum Gasteiger partial charge on any atom is 0.0725 e. The second-order valence-electron chi connectivity index (χ2n) is 14.7. The van der Waals surface area contributed by atoms with Gasteiger partial charge in [-0.3, -0.25) is 0 Å². The highest BCUT2D eigenvalue weighted by Gasteiger charge is 2.51. The van der Waals surface area contributed by atoms with Gasteiger partial charge in [-0.15, -0.1) is 0 Å². The van der Waals surface area contributed by atoms with Crippen LogP contribution in [-0.2, 0) is 5.41 Å². The monoisotopic (exact) mass is 668 g/mol. The third-order valence-electron chi connectivity index (χ3n) is 12.2. The van der Waals surface area contributed by atoms with E-state index < -0.39 is 5.41 Å². The summed E-state index contributed by atoms with van der Waals surface area (Å²) in [7, 11) is 0. The molecular formula is C53H32. The van der Waals surface area contributed by atoms with Gasteiger partial charge in [-0.2, -0.15) is 0 Å². The molecule has 0 aromatic heterocycles. The zero-order chi connectivity index (χ0) is 34.7. The highest BCUT2D eigenvalue weighted by Crippen LogP contribution is 2.63. The van der Waals surface area contributed by atoms with Gasteiger partial charge >= 0.3 is 0 Å². The summed E-state index contributed by atoms with van der Waals surface area (Å²) in [6.07, 6.45) is 0. The molecule has 2 aliphatic carbocycles. The van der Waals surface area contributed by atoms with Gasteiger partial charge in [-0.1, -0.05) is 170 Å². The summed E-state index contributed by atoms with van der Waals surface area (Å²) in [6, 6.07) is 73.0. The largest absolute Gasteiger partial charge is 0.0725 e. The van der Waals surface area contributed by atoms with Crippen LogP contribution in [0.15, 0.2) is 194 Å². The predicted octanol–water partition coefficient (Wildman–Crippen LogP) is 14.0. The Morgan fingerprint density at radius 1 is 0.226 bits per heavy atom. The summed E-state index contributed by atoms with van der Waals surface area (Å²) in [5, 5.41) is 10.3. The molecule has 0 N–H and O–H groups in total. The number of hydrogen-bond donors (Lipinski definition) is 0.